The summed E-state index contributed by atoms with van der Waals surface area (Å²) in [5.74, 6) is -2.22. The highest BCUT2D eigenvalue weighted by atomic mass is 35.5. The van der Waals surface area contributed by atoms with Gasteiger partial charge in [0.05, 0.1) is 119 Å². The lowest BCUT2D eigenvalue weighted by atomic mass is 10.1. The van der Waals surface area contributed by atoms with Crippen molar-refractivity contribution in [3.63, 3.8) is 0 Å². The highest BCUT2D eigenvalue weighted by molar-refractivity contribution is 6.33. The van der Waals surface area contributed by atoms with Crippen LogP contribution in [0.4, 0.5) is 0 Å². The van der Waals surface area contributed by atoms with Crippen molar-refractivity contribution in [3.05, 3.63) is 166 Å². The third kappa shape index (κ3) is 18.5. The zero-order valence-electron chi connectivity index (χ0n) is 59.3. The van der Waals surface area contributed by atoms with Crippen molar-refractivity contribution in [2.24, 2.45) is 42.3 Å². The molecule has 38 nitrogen and oxygen atoms in total. The van der Waals surface area contributed by atoms with Gasteiger partial charge in [-0.3, -0.25) is 52.4 Å². The first kappa shape index (κ1) is 79.3. The number of hydrogen-bond donors (Lipinski definition) is 6. The van der Waals surface area contributed by atoms with Crippen LogP contribution in [-0.4, -0.2) is 218 Å². The summed E-state index contributed by atoms with van der Waals surface area (Å²) in [7, 11) is 12.7. The number of carbonyl (C=O) groups excluding carboxylic acids is 3. The average molecular weight is 1460 g/mol. The Morgan fingerprint density at radius 1 is 0.390 bits per heavy atom. The maximum atomic E-state index is 11.8. The number of carboxylic acids is 3. The Bertz CT molecular complexity index is 5130. The van der Waals surface area contributed by atoms with Gasteiger partial charge in [0, 0.05) is 94.5 Å². The average Bonchev–Trinajstić information content (AvgIpc) is 1.87. The second-order valence-electron chi connectivity index (χ2n) is 22.1. The van der Waals surface area contributed by atoms with E-state index in [2.05, 4.69) is 90.4 Å². The van der Waals surface area contributed by atoms with Gasteiger partial charge in [-0.15, -0.1) is 0 Å². The van der Waals surface area contributed by atoms with E-state index in [9.17, 15) is 33.9 Å². The summed E-state index contributed by atoms with van der Waals surface area (Å²) in [5.41, 5.74) is 11.4. The number of aliphatic hydroxyl groups is 3. The summed E-state index contributed by atoms with van der Waals surface area (Å²) < 4.78 is 18.4. The zero-order valence-corrected chi connectivity index (χ0v) is 60.0. The molecule has 0 aliphatic carbocycles. The number of ether oxygens (including phenoxy) is 2. The second kappa shape index (κ2) is 35.5. The lowest BCUT2D eigenvalue weighted by Crippen LogP contribution is -2.12. The molecule has 0 bridgehead atoms. The fourth-order valence-corrected chi connectivity index (χ4v) is 10.6. The third-order valence-electron chi connectivity index (χ3n) is 15.0. The number of hydrogen-bond acceptors (Lipinski definition) is 29. The Balaban J connectivity index is 0.000000176. The van der Waals surface area contributed by atoms with Crippen LogP contribution in [-0.2, 0) is 42.3 Å². The largest absolute Gasteiger partial charge is 0.481 e. The number of aromatic carboxylic acids is 3. The molecule has 105 heavy (non-hydrogen) atoms. The normalized spacial score (nSPS) is 10.5. The van der Waals surface area contributed by atoms with E-state index >= 15 is 0 Å². The van der Waals surface area contributed by atoms with E-state index in [0.717, 1.165) is 11.4 Å². The van der Waals surface area contributed by atoms with Crippen molar-refractivity contribution in [1.29, 1.82) is 0 Å². The molecule has 0 saturated carbocycles. The number of aromatic nitrogens is 24. The summed E-state index contributed by atoms with van der Waals surface area (Å²) in [6.07, 6.45) is 17.6. The first-order valence-corrected chi connectivity index (χ1v) is 31.2. The van der Waals surface area contributed by atoms with Crippen molar-refractivity contribution in [1.82, 2.24) is 118 Å². The molecule has 0 aromatic carbocycles. The minimum absolute atomic E-state index is 0.0422. The molecule has 0 radical (unpaired) electrons. The number of nitrogens with zero attached hydrogens (tertiary/aromatic N) is 24. The number of rotatable bonds is 17. The molecule has 0 amide bonds. The Kier molecular flexibility index (Phi) is 26.8. The van der Waals surface area contributed by atoms with Crippen LogP contribution in [0.1, 0.15) is 103 Å². The van der Waals surface area contributed by atoms with Crippen molar-refractivity contribution < 1.29 is 68.9 Å². The molecule has 0 saturated heterocycles. The number of methoxy groups -OCH3 is 2. The maximum Gasteiger partial charge on any atom is 0.354 e. The molecular weight excluding hydrogens is 1390 g/mol. The van der Waals surface area contributed by atoms with E-state index in [1.165, 1.54) is 92.3 Å². The van der Waals surface area contributed by atoms with Crippen molar-refractivity contribution in [2.45, 2.75) is 48.5 Å². The fraction of sp³-hybridized carbons (Fsp3) is 0.273. The number of carboxylic acid groups (broad SMARTS) is 3. The molecule has 0 aliphatic rings. The number of aliphatic hydroxyl groups excluding tert-OH is 3. The van der Waals surface area contributed by atoms with Crippen molar-refractivity contribution >= 4 is 46.9 Å². The first-order chi connectivity index (χ1) is 49.9. The Morgan fingerprint density at radius 3 is 1.06 bits per heavy atom. The lowest BCUT2D eigenvalue weighted by Gasteiger charge is -2.08. The number of carbonyl (C=O) groups is 6. The number of Topliss-reactive ketones (excluding diaryl/α,β-unsaturated/α-hetero) is 3. The molecule has 546 valence electrons. The Labute approximate surface area is 601 Å². The van der Waals surface area contributed by atoms with Gasteiger partial charge in [-0.25, -0.2) is 64.2 Å². The van der Waals surface area contributed by atoms with E-state index in [4.69, 9.17) is 46.6 Å². The molecule has 0 unspecified atom stereocenters. The van der Waals surface area contributed by atoms with Crippen LogP contribution in [0.15, 0.2) is 86.9 Å². The Morgan fingerprint density at radius 2 is 0.705 bits per heavy atom. The van der Waals surface area contributed by atoms with Gasteiger partial charge in [0.15, 0.2) is 17.1 Å². The predicted molar refractivity (Wildman–Crippen MR) is 372 cm³/mol. The van der Waals surface area contributed by atoms with E-state index in [1.807, 2.05) is 20.8 Å². The van der Waals surface area contributed by atoms with Crippen LogP contribution >= 0.6 is 11.6 Å². The Hall–Kier alpha value is -13.1. The first-order valence-electron chi connectivity index (χ1n) is 30.8. The summed E-state index contributed by atoms with van der Waals surface area (Å²) in [6.45, 7) is 11.0. The SMILES string of the molecule is COc1ncnc(-c2cnn(C)c2C(=O)CO)c1C.COc1ncnc(-c2cnn(C)c2C(=O)O)c1C.Cc1cc(-c2cnn(C)c2C(=O)CO)nc(C)n1.Cc1cc(-c2cnn(C)c2C(=O)O)nc(C)n1.Cc1nccnc1-c1cnn(C)c1C(=O)CO.Cn1ncc(-c2ncncc2Cl)c1C(=O)O. The maximum absolute atomic E-state index is 11.8. The third-order valence-corrected chi connectivity index (χ3v) is 15.3. The molecule has 12 heterocycles. The van der Waals surface area contributed by atoms with Crippen LogP contribution < -0.4 is 9.47 Å². The number of ketones is 3. The van der Waals surface area contributed by atoms with E-state index in [-0.39, 0.29) is 33.7 Å². The molecule has 0 atom stereocenters. The lowest BCUT2D eigenvalue weighted by molar-refractivity contribution is 0.0675. The van der Waals surface area contributed by atoms with Crippen LogP contribution in [0.3, 0.4) is 0 Å². The van der Waals surface area contributed by atoms with Gasteiger partial charge in [-0.05, 0) is 60.6 Å². The smallest absolute Gasteiger partial charge is 0.354 e. The molecule has 0 fully saturated rings. The predicted octanol–water partition coefficient (Wildman–Crippen LogP) is 4.71. The monoisotopic (exact) mass is 1460 g/mol. The quantitative estimate of drug-likeness (QED) is 0.0672. The van der Waals surface area contributed by atoms with Gasteiger partial charge in [0.25, 0.3) is 0 Å². The topological polar surface area (TPSA) is 504 Å². The highest BCUT2D eigenvalue weighted by Crippen LogP contribution is 2.32. The molecule has 6 N–H and O–H groups in total. The molecule has 12 rings (SSSR count). The van der Waals surface area contributed by atoms with Gasteiger partial charge in [-0.2, -0.15) is 30.6 Å². The van der Waals surface area contributed by atoms with Crippen LogP contribution in [0.25, 0.3) is 67.5 Å². The van der Waals surface area contributed by atoms with E-state index < -0.39 is 43.5 Å². The molecule has 12 aromatic heterocycles. The van der Waals surface area contributed by atoms with E-state index in [1.54, 1.807) is 107 Å². The zero-order chi connectivity index (χ0) is 77.3. The second-order valence-corrected chi connectivity index (χ2v) is 22.6. The molecule has 39 heteroatoms. The molecule has 0 aliphatic heterocycles. The summed E-state index contributed by atoms with van der Waals surface area (Å²) in [5, 5.41) is 78.5. The van der Waals surface area contributed by atoms with Gasteiger partial charge in [0.2, 0.25) is 29.1 Å². The standard InChI is InChI=1S/C12H14N4O3.C12H14N4O2.C11H12N4O3.2C11H12N4O2.C9H7ClN4O2/c1-7-10(13-6-14-12(7)19-3)8-4-15-16(2)11(8)9(18)5-17;1-7-4-10(15-8(2)14-7)9-5-13-16(3)12(9)11(18)6-17;1-6-8(12-5-13-10(6)18-3)7-4-14-15(2)9(7)11(16)17;1-6-4-9(14-7(2)13-6)8-5-12-15(3)10(8)11(16)17;1-7-10(13-4-3-12-7)8-5-14-15(2)11(8)9(17)6-16;1-14-8(9(15)16)5(2-13-14)7-6(10)3-11-4-12-7/h4,6,17H,5H2,1-3H3;4-5,17H,6H2,1-3H3;4-5H,1-3H3,(H,16,17);4-5H,1-3H3,(H,16,17);3-5,16H,6H2,1-2H3;2-4H,1H3,(H,15,16). The fourth-order valence-electron chi connectivity index (χ4n) is 10.4. The summed E-state index contributed by atoms with van der Waals surface area (Å²) in [4.78, 5) is 118. The van der Waals surface area contributed by atoms with Crippen molar-refractivity contribution in [2.75, 3.05) is 34.0 Å². The number of aryl methyl sites for hydroxylation is 11. The highest BCUT2D eigenvalue weighted by Gasteiger charge is 2.26. The summed E-state index contributed by atoms with van der Waals surface area (Å²) in [6, 6.07) is 3.54. The van der Waals surface area contributed by atoms with Crippen LogP contribution in [0.2, 0.25) is 5.02 Å². The van der Waals surface area contributed by atoms with E-state index in [0.29, 0.717) is 125 Å². The molecule has 0 spiro atoms. The minimum atomic E-state index is -1.08. The number of halogens is 1. The van der Waals surface area contributed by atoms with Crippen LogP contribution in [0, 0.1) is 48.5 Å². The van der Waals surface area contributed by atoms with Gasteiger partial charge < -0.3 is 40.1 Å². The van der Waals surface area contributed by atoms with Crippen molar-refractivity contribution in [3.8, 4) is 79.3 Å². The van der Waals surface area contributed by atoms with Gasteiger partial charge >= 0.3 is 17.9 Å². The van der Waals surface area contributed by atoms with Gasteiger partial charge in [-0.1, -0.05) is 11.6 Å². The minimum Gasteiger partial charge on any atom is -0.481 e. The van der Waals surface area contributed by atoms with Crippen LogP contribution in [0.5, 0.6) is 11.8 Å². The summed E-state index contributed by atoms with van der Waals surface area (Å²) >= 11 is 5.89. The molecule has 12 aromatic rings. The van der Waals surface area contributed by atoms with Gasteiger partial charge in [0.1, 0.15) is 67.5 Å². The molecular formula is C66H71ClN24O14.